The van der Waals surface area contributed by atoms with Crippen molar-refractivity contribution in [2.75, 3.05) is 0 Å². The first kappa shape index (κ1) is 19.0. The summed E-state index contributed by atoms with van der Waals surface area (Å²) in [5.74, 6) is -0.293. The van der Waals surface area contributed by atoms with Crippen LogP contribution in [0.3, 0.4) is 0 Å². The fourth-order valence-electron chi connectivity index (χ4n) is 3.16. The largest absolute Gasteiger partial charge is 0.317 e. The van der Waals surface area contributed by atoms with Crippen LogP contribution in [0, 0.1) is 27.7 Å². The van der Waals surface area contributed by atoms with E-state index in [2.05, 4.69) is 75.0 Å². The van der Waals surface area contributed by atoms with Crippen LogP contribution in [0.2, 0.25) is 0 Å². The van der Waals surface area contributed by atoms with Gasteiger partial charge in [0, 0.05) is 39.5 Å². The first-order valence-electron chi connectivity index (χ1n) is 8.58. The summed E-state index contributed by atoms with van der Waals surface area (Å²) in [6.07, 6.45) is 4.80. The molecule has 27 heavy (non-hydrogen) atoms. The van der Waals surface area contributed by atoms with Crippen LogP contribution in [-0.4, -0.2) is 21.7 Å². The summed E-state index contributed by atoms with van der Waals surface area (Å²) in [7, 11) is 0. The number of hydrogen-bond donors (Lipinski definition) is 1. The van der Waals surface area contributed by atoms with Crippen molar-refractivity contribution in [3.8, 4) is 5.69 Å². The molecule has 3 rings (SSSR count). The van der Waals surface area contributed by atoms with Crippen LogP contribution in [0.15, 0.2) is 52.3 Å². The third-order valence-corrected chi connectivity index (χ3v) is 5.36. The van der Waals surface area contributed by atoms with Crippen LogP contribution < -0.4 is 5.43 Å². The van der Waals surface area contributed by atoms with E-state index in [1.165, 1.54) is 17.3 Å². The lowest BCUT2D eigenvalue weighted by Gasteiger charge is -2.11. The highest BCUT2D eigenvalue weighted by Crippen LogP contribution is 2.30. The van der Waals surface area contributed by atoms with Crippen molar-refractivity contribution in [2.24, 2.45) is 5.10 Å². The minimum atomic E-state index is -0.293. The second-order valence-corrected chi connectivity index (χ2v) is 7.31. The highest BCUT2D eigenvalue weighted by atomic mass is 79.9. The number of pyridine rings is 1. The van der Waals surface area contributed by atoms with Crippen LogP contribution in [0.4, 0.5) is 0 Å². The fraction of sp³-hybridized carbons (Fsp3) is 0.190. The van der Waals surface area contributed by atoms with Crippen molar-refractivity contribution in [3.05, 3.63) is 80.8 Å². The van der Waals surface area contributed by atoms with Gasteiger partial charge in [-0.25, -0.2) is 5.43 Å². The Hall–Kier alpha value is -2.73. The highest BCUT2D eigenvalue weighted by Gasteiger charge is 2.16. The Morgan fingerprint density at radius 1 is 1.15 bits per heavy atom. The van der Waals surface area contributed by atoms with Crippen molar-refractivity contribution >= 4 is 28.1 Å². The van der Waals surface area contributed by atoms with Gasteiger partial charge in [0.15, 0.2) is 0 Å². The van der Waals surface area contributed by atoms with Crippen molar-refractivity contribution < 1.29 is 4.79 Å². The highest BCUT2D eigenvalue weighted by molar-refractivity contribution is 9.10. The van der Waals surface area contributed by atoms with Crippen molar-refractivity contribution in [3.63, 3.8) is 0 Å². The number of aromatic nitrogens is 2. The molecule has 1 amide bonds. The fourth-order valence-corrected chi connectivity index (χ4v) is 3.72. The second-order valence-electron chi connectivity index (χ2n) is 6.52. The van der Waals surface area contributed by atoms with E-state index in [0.29, 0.717) is 5.56 Å². The van der Waals surface area contributed by atoms with Crippen LogP contribution in [0.1, 0.15) is 38.4 Å². The third kappa shape index (κ3) is 4.01. The van der Waals surface area contributed by atoms with Gasteiger partial charge in [0.05, 0.1) is 11.8 Å². The van der Waals surface area contributed by atoms with Gasteiger partial charge in [-0.3, -0.25) is 9.78 Å². The maximum absolute atomic E-state index is 12.1. The van der Waals surface area contributed by atoms with Crippen molar-refractivity contribution in [1.82, 2.24) is 15.0 Å². The number of rotatable bonds is 4. The molecule has 6 heteroatoms. The molecular formula is C21H21BrN4O. The van der Waals surface area contributed by atoms with Gasteiger partial charge in [-0.1, -0.05) is 6.07 Å². The molecule has 0 radical (unpaired) electrons. The average Bonchev–Trinajstić information content (AvgIpc) is 2.84. The molecule has 2 heterocycles. The molecule has 0 unspecified atom stereocenters. The number of hydrazone groups is 1. The molecule has 0 bridgehead atoms. The summed E-state index contributed by atoms with van der Waals surface area (Å²) in [6, 6.07) is 9.88. The van der Waals surface area contributed by atoms with Gasteiger partial charge in [-0.15, -0.1) is 0 Å². The zero-order valence-electron chi connectivity index (χ0n) is 15.7. The van der Waals surface area contributed by atoms with Crippen LogP contribution in [-0.2, 0) is 0 Å². The monoisotopic (exact) mass is 424 g/mol. The number of hydrogen-bond acceptors (Lipinski definition) is 3. The first-order chi connectivity index (χ1) is 12.9. The van der Waals surface area contributed by atoms with Gasteiger partial charge >= 0.3 is 0 Å². The number of nitrogens with zero attached hydrogens (tertiary/aromatic N) is 3. The Morgan fingerprint density at radius 2 is 1.85 bits per heavy atom. The molecule has 0 saturated carbocycles. The SMILES string of the molecule is Cc1cc(C)cc(-n2c(C)c(Br)c(/C=N\NC(=O)c3cccnc3)c2C)c1. The van der Waals surface area contributed by atoms with Crippen molar-refractivity contribution in [2.45, 2.75) is 27.7 Å². The Kier molecular flexibility index (Phi) is 5.56. The molecule has 3 aromatic rings. The molecule has 0 spiro atoms. The number of benzene rings is 1. The minimum absolute atomic E-state index is 0.293. The van der Waals surface area contributed by atoms with Gasteiger partial charge in [0.25, 0.3) is 5.91 Å². The Morgan fingerprint density at radius 3 is 2.48 bits per heavy atom. The van der Waals surface area contributed by atoms with E-state index in [0.717, 1.165) is 27.1 Å². The number of nitrogens with one attached hydrogen (secondary N) is 1. The zero-order valence-corrected chi connectivity index (χ0v) is 17.3. The first-order valence-corrected chi connectivity index (χ1v) is 9.37. The number of carbonyl (C=O) groups is 1. The van der Waals surface area contributed by atoms with Gasteiger partial charge in [0.1, 0.15) is 0 Å². The van der Waals surface area contributed by atoms with E-state index in [-0.39, 0.29) is 5.91 Å². The summed E-state index contributed by atoms with van der Waals surface area (Å²) in [6.45, 7) is 8.28. The lowest BCUT2D eigenvalue weighted by atomic mass is 10.1. The third-order valence-electron chi connectivity index (χ3n) is 4.36. The van der Waals surface area contributed by atoms with Gasteiger partial charge < -0.3 is 4.57 Å². The van der Waals surface area contributed by atoms with E-state index in [1.54, 1.807) is 24.5 Å². The quantitative estimate of drug-likeness (QED) is 0.490. The molecular weight excluding hydrogens is 404 g/mol. The van der Waals surface area contributed by atoms with Crippen LogP contribution in [0.25, 0.3) is 5.69 Å². The maximum Gasteiger partial charge on any atom is 0.272 e. The molecule has 138 valence electrons. The Bertz CT molecular complexity index is 1000. The number of carbonyl (C=O) groups excluding carboxylic acids is 1. The van der Waals surface area contributed by atoms with Crippen LogP contribution >= 0.6 is 15.9 Å². The minimum Gasteiger partial charge on any atom is -0.317 e. The molecule has 5 nitrogen and oxygen atoms in total. The predicted molar refractivity (Wildman–Crippen MR) is 112 cm³/mol. The summed E-state index contributed by atoms with van der Waals surface area (Å²) in [4.78, 5) is 16.0. The molecule has 0 saturated heterocycles. The van der Waals surface area contributed by atoms with E-state index in [4.69, 9.17) is 0 Å². The summed E-state index contributed by atoms with van der Waals surface area (Å²) < 4.78 is 3.15. The molecule has 1 aromatic carbocycles. The molecule has 0 aliphatic rings. The number of aryl methyl sites for hydroxylation is 2. The molecule has 0 atom stereocenters. The van der Waals surface area contributed by atoms with Gasteiger partial charge in [-0.05, 0) is 79.0 Å². The van der Waals surface area contributed by atoms with E-state index >= 15 is 0 Å². The number of amides is 1. The molecule has 1 N–H and O–H groups in total. The van der Waals surface area contributed by atoms with Gasteiger partial charge in [-0.2, -0.15) is 5.10 Å². The predicted octanol–water partition coefficient (Wildman–Crippen LogP) is 4.63. The normalized spacial score (nSPS) is 11.1. The zero-order chi connectivity index (χ0) is 19.6. The summed E-state index contributed by atoms with van der Waals surface area (Å²) in [5, 5.41) is 4.13. The maximum atomic E-state index is 12.1. The van der Waals surface area contributed by atoms with Crippen molar-refractivity contribution in [1.29, 1.82) is 0 Å². The van der Waals surface area contributed by atoms with Gasteiger partial charge in [0.2, 0.25) is 0 Å². The second kappa shape index (κ2) is 7.88. The van der Waals surface area contributed by atoms with Crippen LogP contribution in [0.5, 0.6) is 0 Å². The van der Waals surface area contributed by atoms with E-state index in [9.17, 15) is 4.79 Å². The molecule has 0 fully saturated rings. The summed E-state index contributed by atoms with van der Waals surface area (Å²) in [5.41, 5.74) is 9.61. The Balaban J connectivity index is 1.90. The average molecular weight is 425 g/mol. The lowest BCUT2D eigenvalue weighted by Crippen LogP contribution is -2.17. The molecule has 0 aliphatic heterocycles. The standard InChI is InChI=1S/C21H21BrN4O/c1-13-8-14(2)10-18(9-13)26-15(3)19(20(22)16(26)4)12-24-25-21(27)17-6-5-7-23-11-17/h5-12H,1-4H3,(H,25,27)/b24-12-. The summed E-state index contributed by atoms with van der Waals surface area (Å²) >= 11 is 3.66. The number of halogens is 1. The Labute approximate surface area is 167 Å². The molecule has 2 aromatic heterocycles. The van der Waals surface area contributed by atoms with E-state index < -0.39 is 0 Å². The van der Waals surface area contributed by atoms with E-state index in [1.807, 2.05) is 6.92 Å². The molecule has 0 aliphatic carbocycles. The topological polar surface area (TPSA) is 59.3 Å². The smallest absolute Gasteiger partial charge is 0.272 e. The lowest BCUT2D eigenvalue weighted by molar-refractivity contribution is 0.0955.